The smallest absolute Gasteiger partial charge is 0.159 e. The molecule has 0 fully saturated rings. The first-order valence-electron chi connectivity index (χ1n) is 6.86. The van der Waals surface area contributed by atoms with Crippen LogP contribution in [0, 0.1) is 11.3 Å². The van der Waals surface area contributed by atoms with Crippen molar-refractivity contribution in [1.29, 1.82) is 5.41 Å². The van der Waals surface area contributed by atoms with Gasteiger partial charge in [-0.3, -0.25) is 5.41 Å². The molecule has 5 heteroatoms. The van der Waals surface area contributed by atoms with Gasteiger partial charge in [0, 0.05) is 30.3 Å². The van der Waals surface area contributed by atoms with Crippen molar-refractivity contribution in [3.05, 3.63) is 30.5 Å². The van der Waals surface area contributed by atoms with Gasteiger partial charge in [0.05, 0.1) is 12.0 Å². The largest absolute Gasteiger partial charge is 0.388 e. The van der Waals surface area contributed by atoms with Crippen LogP contribution in [0.3, 0.4) is 0 Å². The van der Waals surface area contributed by atoms with Crippen LogP contribution in [0.25, 0.3) is 10.8 Å². The third kappa shape index (κ3) is 3.44. The molecular weight excluding hydrogens is 250 g/mol. The van der Waals surface area contributed by atoms with Crippen molar-refractivity contribution in [2.75, 3.05) is 18.0 Å². The van der Waals surface area contributed by atoms with Gasteiger partial charge in [-0.2, -0.15) is 5.10 Å². The van der Waals surface area contributed by atoms with Gasteiger partial charge in [-0.1, -0.05) is 38.1 Å². The van der Waals surface area contributed by atoms with Crippen molar-refractivity contribution in [3.8, 4) is 0 Å². The van der Waals surface area contributed by atoms with Crippen LogP contribution in [-0.4, -0.2) is 29.1 Å². The number of nitrogens with zero attached hydrogens (tertiary/aromatic N) is 3. The van der Waals surface area contributed by atoms with Crippen molar-refractivity contribution in [2.24, 2.45) is 11.7 Å². The summed E-state index contributed by atoms with van der Waals surface area (Å²) in [5, 5.41) is 18.0. The quantitative estimate of drug-likeness (QED) is 0.624. The monoisotopic (exact) mass is 271 g/mol. The van der Waals surface area contributed by atoms with Gasteiger partial charge in [0.2, 0.25) is 0 Å². The van der Waals surface area contributed by atoms with Crippen molar-refractivity contribution < 1.29 is 0 Å². The number of hydrogen-bond acceptors (Lipinski definition) is 4. The summed E-state index contributed by atoms with van der Waals surface area (Å²) in [5.41, 5.74) is 5.48. The van der Waals surface area contributed by atoms with E-state index in [9.17, 15) is 0 Å². The lowest BCUT2D eigenvalue weighted by molar-refractivity contribution is 0.608. The summed E-state index contributed by atoms with van der Waals surface area (Å²) in [6.45, 7) is 5.89. The Morgan fingerprint density at radius 3 is 2.80 bits per heavy atom. The predicted octanol–water partition coefficient (Wildman–Crippen LogP) is 2.42. The molecule has 2 aromatic rings. The van der Waals surface area contributed by atoms with Gasteiger partial charge in [0.1, 0.15) is 0 Å². The fraction of sp³-hybridized carbons (Fsp3) is 0.400. The van der Waals surface area contributed by atoms with Crippen molar-refractivity contribution in [3.63, 3.8) is 0 Å². The number of nitrogens with two attached hydrogens (primary N) is 1. The minimum atomic E-state index is 0.201. The third-order valence-corrected chi connectivity index (χ3v) is 3.09. The maximum Gasteiger partial charge on any atom is 0.159 e. The van der Waals surface area contributed by atoms with E-state index in [0.717, 1.165) is 23.1 Å². The number of aromatic nitrogens is 2. The molecule has 1 heterocycles. The lowest BCUT2D eigenvalue weighted by atomic mass is 10.1. The van der Waals surface area contributed by atoms with Crippen LogP contribution in [0.2, 0.25) is 0 Å². The van der Waals surface area contributed by atoms with Gasteiger partial charge >= 0.3 is 0 Å². The lowest BCUT2D eigenvalue weighted by Gasteiger charge is -2.26. The van der Waals surface area contributed by atoms with E-state index in [1.54, 1.807) is 6.20 Å². The highest BCUT2D eigenvalue weighted by atomic mass is 15.3. The topological polar surface area (TPSA) is 78.9 Å². The number of rotatable bonds is 6. The van der Waals surface area contributed by atoms with E-state index in [2.05, 4.69) is 35.0 Å². The molecule has 3 N–H and O–H groups in total. The number of fused-ring (bicyclic) bond motifs is 1. The molecule has 5 nitrogen and oxygen atoms in total. The van der Waals surface area contributed by atoms with Gasteiger partial charge in [-0.05, 0) is 5.92 Å². The summed E-state index contributed by atoms with van der Waals surface area (Å²) >= 11 is 0. The highest BCUT2D eigenvalue weighted by Crippen LogP contribution is 2.24. The number of amidine groups is 1. The highest BCUT2D eigenvalue weighted by Gasteiger charge is 2.14. The van der Waals surface area contributed by atoms with Crippen LogP contribution >= 0.6 is 0 Å². The first-order valence-corrected chi connectivity index (χ1v) is 6.86. The standard InChI is InChI=1S/C15H21N5/c1-11(2)10-20(8-7-14(16)17)15-13-6-4-3-5-12(13)9-18-19-15/h3-6,9,11H,7-8,10H2,1-2H3,(H3,16,17). The Hall–Kier alpha value is -2.17. The molecule has 20 heavy (non-hydrogen) atoms. The first-order chi connectivity index (χ1) is 9.58. The van der Waals surface area contributed by atoms with E-state index in [-0.39, 0.29) is 5.84 Å². The number of benzene rings is 1. The van der Waals surface area contributed by atoms with E-state index in [0.29, 0.717) is 18.9 Å². The molecule has 0 radical (unpaired) electrons. The van der Waals surface area contributed by atoms with Gasteiger partial charge in [0.25, 0.3) is 0 Å². The van der Waals surface area contributed by atoms with Crippen LogP contribution in [-0.2, 0) is 0 Å². The Labute approximate surface area is 119 Å². The van der Waals surface area contributed by atoms with Crippen LogP contribution < -0.4 is 10.6 Å². The summed E-state index contributed by atoms with van der Waals surface area (Å²) in [4.78, 5) is 2.17. The van der Waals surface area contributed by atoms with Crippen LogP contribution in [0.4, 0.5) is 5.82 Å². The molecule has 0 amide bonds. The molecule has 0 aliphatic rings. The number of anilines is 1. The molecular formula is C15H21N5. The van der Waals surface area contributed by atoms with Crippen molar-refractivity contribution >= 4 is 22.4 Å². The normalized spacial score (nSPS) is 10.9. The van der Waals surface area contributed by atoms with E-state index < -0.39 is 0 Å². The van der Waals surface area contributed by atoms with E-state index in [4.69, 9.17) is 11.1 Å². The maximum absolute atomic E-state index is 7.41. The van der Waals surface area contributed by atoms with E-state index in [1.165, 1.54) is 0 Å². The number of nitrogens with one attached hydrogen (secondary N) is 1. The predicted molar refractivity (Wildman–Crippen MR) is 83.1 cm³/mol. The fourth-order valence-corrected chi connectivity index (χ4v) is 2.23. The van der Waals surface area contributed by atoms with Gasteiger partial charge < -0.3 is 10.6 Å². The molecule has 1 aromatic carbocycles. The van der Waals surface area contributed by atoms with E-state index >= 15 is 0 Å². The maximum atomic E-state index is 7.41. The van der Waals surface area contributed by atoms with Gasteiger partial charge in [0.15, 0.2) is 5.82 Å². The summed E-state index contributed by atoms with van der Waals surface area (Å²) in [6.07, 6.45) is 2.31. The summed E-state index contributed by atoms with van der Waals surface area (Å²) < 4.78 is 0. The second kappa shape index (κ2) is 6.32. The molecule has 0 aliphatic heterocycles. The van der Waals surface area contributed by atoms with Crippen LogP contribution in [0.15, 0.2) is 30.5 Å². The Morgan fingerprint density at radius 2 is 2.10 bits per heavy atom. The van der Waals surface area contributed by atoms with Crippen LogP contribution in [0.1, 0.15) is 20.3 Å². The molecule has 0 aliphatic carbocycles. The van der Waals surface area contributed by atoms with E-state index in [1.807, 2.05) is 18.2 Å². The molecule has 0 atom stereocenters. The third-order valence-electron chi connectivity index (χ3n) is 3.09. The lowest BCUT2D eigenvalue weighted by Crippen LogP contribution is -2.32. The van der Waals surface area contributed by atoms with Crippen molar-refractivity contribution in [1.82, 2.24) is 10.2 Å². The molecule has 0 unspecified atom stereocenters. The Kier molecular flexibility index (Phi) is 4.50. The van der Waals surface area contributed by atoms with Crippen LogP contribution in [0.5, 0.6) is 0 Å². The Morgan fingerprint density at radius 1 is 1.35 bits per heavy atom. The molecule has 106 valence electrons. The Bertz CT molecular complexity index is 588. The zero-order chi connectivity index (χ0) is 14.5. The molecule has 0 saturated carbocycles. The minimum Gasteiger partial charge on any atom is -0.388 e. The molecule has 1 aromatic heterocycles. The highest BCUT2D eigenvalue weighted by molar-refractivity contribution is 5.91. The molecule has 0 spiro atoms. The zero-order valence-electron chi connectivity index (χ0n) is 12.0. The second-order valence-electron chi connectivity index (χ2n) is 5.37. The average Bonchev–Trinajstić information content (AvgIpc) is 2.42. The van der Waals surface area contributed by atoms with Gasteiger partial charge in [-0.15, -0.1) is 5.10 Å². The fourth-order valence-electron chi connectivity index (χ4n) is 2.23. The Balaban J connectivity index is 2.36. The van der Waals surface area contributed by atoms with Crippen molar-refractivity contribution in [2.45, 2.75) is 20.3 Å². The minimum absolute atomic E-state index is 0.201. The molecule has 0 saturated heterocycles. The summed E-state index contributed by atoms with van der Waals surface area (Å²) in [6, 6.07) is 8.09. The van der Waals surface area contributed by atoms with Gasteiger partial charge in [-0.25, -0.2) is 0 Å². The molecule has 2 rings (SSSR count). The first kappa shape index (κ1) is 14.2. The zero-order valence-corrected chi connectivity index (χ0v) is 12.0. The summed E-state index contributed by atoms with van der Waals surface area (Å²) in [7, 11) is 0. The summed E-state index contributed by atoms with van der Waals surface area (Å²) in [5.74, 6) is 1.58. The average molecular weight is 271 g/mol. The second-order valence-corrected chi connectivity index (χ2v) is 5.37. The molecule has 0 bridgehead atoms. The SMILES string of the molecule is CC(C)CN(CCC(=N)N)c1nncc2ccccc12. The number of hydrogen-bond donors (Lipinski definition) is 2.